The van der Waals surface area contributed by atoms with Gasteiger partial charge in [-0.15, -0.1) is 11.3 Å². The Hall–Kier alpha value is -3.71. The van der Waals surface area contributed by atoms with Gasteiger partial charge < -0.3 is 9.80 Å². The molecule has 1 aliphatic rings. The first-order valence-corrected chi connectivity index (χ1v) is 12.3. The predicted molar refractivity (Wildman–Crippen MR) is 134 cm³/mol. The molecule has 1 saturated heterocycles. The highest BCUT2D eigenvalue weighted by atomic mass is 32.1. The third kappa shape index (κ3) is 4.65. The second kappa shape index (κ2) is 9.65. The molecular formula is C27H26N4O2S. The average Bonchev–Trinajstić information content (AvgIpc) is 3.62. The summed E-state index contributed by atoms with van der Waals surface area (Å²) in [5, 5.41) is 6.87. The van der Waals surface area contributed by atoms with Gasteiger partial charge in [0.2, 0.25) is 5.91 Å². The Morgan fingerprint density at radius 2 is 1.85 bits per heavy atom. The van der Waals surface area contributed by atoms with E-state index in [1.165, 1.54) is 0 Å². The minimum atomic E-state index is -0.0478. The molecule has 0 bridgehead atoms. The Balaban J connectivity index is 1.33. The van der Waals surface area contributed by atoms with Gasteiger partial charge in [-0.3, -0.25) is 9.59 Å². The summed E-state index contributed by atoms with van der Waals surface area (Å²) in [6, 6.07) is 21.6. The Morgan fingerprint density at radius 3 is 2.53 bits per heavy atom. The molecule has 34 heavy (non-hydrogen) atoms. The van der Waals surface area contributed by atoms with E-state index in [9.17, 15) is 9.59 Å². The second-order valence-electron chi connectivity index (χ2n) is 8.54. The van der Waals surface area contributed by atoms with E-state index in [-0.39, 0.29) is 11.8 Å². The van der Waals surface area contributed by atoms with E-state index in [0.717, 1.165) is 40.4 Å². The minimum Gasteiger partial charge on any atom is -0.338 e. The summed E-state index contributed by atoms with van der Waals surface area (Å²) in [5.74, 6) is 0.158. The number of rotatable bonds is 7. The summed E-state index contributed by atoms with van der Waals surface area (Å²) < 4.78 is 1.87. The smallest absolute Gasteiger partial charge is 0.253 e. The summed E-state index contributed by atoms with van der Waals surface area (Å²) in [5.41, 5.74) is 4.54. The number of nitrogens with zero attached hydrogens (tertiary/aromatic N) is 4. The van der Waals surface area contributed by atoms with Crippen LogP contribution in [0.5, 0.6) is 0 Å². The van der Waals surface area contributed by atoms with Crippen LogP contribution in [0.2, 0.25) is 0 Å². The fraction of sp³-hybridized carbons (Fsp3) is 0.222. The number of hydrogen-bond acceptors (Lipinski definition) is 4. The summed E-state index contributed by atoms with van der Waals surface area (Å²) in [4.78, 5) is 29.7. The molecule has 1 aliphatic heterocycles. The van der Waals surface area contributed by atoms with Gasteiger partial charge in [-0.05, 0) is 47.7 Å². The van der Waals surface area contributed by atoms with E-state index in [2.05, 4.69) is 6.07 Å². The third-order valence-electron chi connectivity index (χ3n) is 6.07. The van der Waals surface area contributed by atoms with Crippen molar-refractivity contribution in [2.45, 2.75) is 25.9 Å². The van der Waals surface area contributed by atoms with E-state index in [4.69, 9.17) is 5.10 Å². The molecule has 0 atom stereocenters. The lowest BCUT2D eigenvalue weighted by molar-refractivity contribution is -0.128. The van der Waals surface area contributed by atoms with Crippen molar-refractivity contribution < 1.29 is 9.59 Å². The Labute approximate surface area is 203 Å². The van der Waals surface area contributed by atoms with E-state index < -0.39 is 0 Å². The van der Waals surface area contributed by atoms with Crippen LogP contribution >= 0.6 is 11.3 Å². The number of carbonyl (C=O) groups is 2. The molecule has 2 amide bonds. The zero-order valence-electron chi connectivity index (χ0n) is 19.1. The van der Waals surface area contributed by atoms with Crippen molar-refractivity contribution in [2.75, 3.05) is 13.6 Å². The number of hydrogen-bond donors (Lipinski definition) is 0. The number of thiophene rings is 1. The number of likely N-dealkylation sites (tertiary alicyclic amines) is 1. The van der Waals surface area contributed by atoms with Crippen LogP contribution in [-0.2, 0) is 17.9 Å². The van der Waals surface area contributed by atoms with Crippen molar-refractivity contribution >= 4 is 23.2 Å². The molecule has 0 N–H and O–H groups in total. The number of amides is 2. The molecule has 2 aromatic heterocycles. The van der Waals surface area contributed by atoms with Gasteiger partial charge in [-0.25, -0.2) is 4.68 Å². The maximum Gasteiger partial charge on any atom is 0.253 e. The zero-order chi connectivity index (χ0) is 23.5. The quantitative estimate of drug-likeness (QED) is 0.382. The van der Waals surface area contributed by atoms with E-state index in [0.29, 0.717) is 25.1 Å². The highest BCUT2D eigenvalue weighted by Gasteiger charge is 2.21. The molecular weight excluding hydrogens is 444 g/mol. The summed E-state index contributed by atoms with van der Waals surface area (Å²) in [6.45, 7) is 1.86. The highest BCUT2D eigenvalue weighted by molar-refractivity contribution is 7.13. The summed E-state index contributed by atoms with van der Waals surface area (Å²) >= 11 is 1.64. The third-order valence-corrected chi connectivity index (χ3v) is 6.94. The van der Waals surface area contributed by atoms with Crippen molar-refractivity contribution in [1.82, 2.24) is 19.6 Å². The molecule has 0 unspecified atom stereocenters. The summed E-state index contributed by atoms with van der Waals surface area (Å²) in [6.07, 6.45) is 3.56. The van der Waals surface area contributed by atoms with Crippen molar-refractivity contribution in [3.05, 3.63) is 95.0 Å². The van der Waals surface area contributed by atoms with Gasteiger partial charge in [0.1, 0.15) is 5.69 Å². The highest BCUT2D eigenvalue weighted by Crippen LogP contribution is 2.29. The van der Waals surface area contributed by atoms with E-state index >= 15 is 0 Å². The first-order chi connectivity index (χ1) is 16.6. The molecule has 2 aromatic carbocycles. The number of benzene rings is 2. The Bertz CT molecular complexity index is 1280. The predicted octanol–water partition coefficient (Wildman–Crippen LogP) is 5.00. The zero-order valence-corrected chi connectivity index (χ0v) is 19.9. The first-order valence-electron chi connectivity index (χ1n) is 11.4. The maximum absolute atomic E-state index is 13.2. The fourth-order valence-electron chi connectivity index (χ4n) is 4.25. The molecule has 172 valence electrons. The molecule has 5 rings (SSSR count). The minimum absolute atomic E-state index is 0.0478. The van der Waals surface area contributed by atoms with Crippen molar-refractivity contribution in [3.8, 4) is 16.3 Å². The van der Waals surface area contributed by atoms with Crippen LogP contribution in [0.15, 0.2) is 78.3 Å². The van der Waals surface area contributed by atoms with Gasteiger partial charge in [0, 0.05) is 50.4 Å². The van der Waals surface area contributed by atoms with Gasteiger partial charge in [-0.2, -0.15) is 5.10 Å². The normalized spacial score (nSPS) is 13.4. The standard InChI is InChI=1S/C27H26N4O2S/c1-29(27(33)21-13-11-20(12-14-21)17-30-15-5-10-25(30)32)18-22-19-31(23-7-3-2-4-8-23)28-26(22)24-9-6-16-34-24/h2-4,6-9,11-14,16,19H,5,10,15,17-18H2,1H3. The molecule has 6 nitrogen and oxygen atoms in total. The van der Waals surface area contributed by atoms with E-state index in [1.807, 2.05) is 88.9 Å². The fourth-order valence-corrected chi connectivity index (χ4v) is 5.00. The van der Waals surface area contributed by atoms with Gasteiger partial charge in [0.15, 0.2) is 0 Å². The second-order valence-corrected chi connectivity index (χ2v) is 9.49. The maximum atomic E-state index is 13.2. The van der Waals surface area contributed by atoms with Crippen LogP contribution in [0.25, 0.3) is 16.3 Å². The Kier molecular flexibility index (Phi) is 6.27. The van der Waals surface area contributed by atoms with Gasteiger partial charge in [0.05, 0.1) is 10.6 Å². The van der Waals surface area contributed by atoms with Crippen LogP contribution in [0.1, 0.15) is 34.3 Å². The summed E-state index contributed by atoms with van der Waals surface area (Å²) in [7, 11) is 1.82. The van der Waals surface area contributed by atoms with Crippen LogP contribution < -0.4 is 0 Å². The van der Waals surface area contributed by atoms with Crippen molar-refractivity contribution in [3.63, 3.8) is 0 Å². The molecule has 4 aromatic rings. The van der Waals surface area contributed by atoms with Crippen molar-refractivity contribution in [2.24, 2.45) is 0 Å². The first kappa shape index (κ1) is 22.1. The Morgan fingerprint density at radius 1 is 1.06 bits per heavy atom. The molecule has 1 fully saturated rings. The lowest BCUT2D eigenvalue weighted by atomic mass is 10.1. The monoisotopic (exact) mass is 470 g/mol. The largest absolute Gasteiger partial charge is 0.338 e. The molecule has 0 saturated carbocycles. The van der Waals surface area contributed by atoms with Gasteiger partial charge in [0.25, 0.3) is 5.91 Å². The molecule has 7 heteroatoms. The number of para-hydroxylation sites is 1. The lowest BCUT2D eigenvalue weighted by Gasteiger charge is -2.18. The van der Waals surface area contributed by atoms with Gasteiger partial charge in [-0.1, -0.05) is 36.4 Å². The van der Waals surface area contributed by atoms with Crippen molar-refractivity contribution in [1.29, 1.82) is 0 Å². The van der Waals surface area contributed by atoms with E-state index in [1.54, 1.807) is 16.2 Å². The SMILES string of the molecule is CN(Cc1cn(-c2ccccc2)nc1-c1cccs1)C(=O)c1ccc(CN2CCCC2=O)cc1. The average molecular weight is 471 g/mol. The topological polar surface area (TPSA) is 58.4 Å². The number of carbonyl (C=O) groups excluding carboxylic acids is 2. The van der Waals surface area contributed by atoms with Crippen LogP contribution in [0, 0.1) is 0 Å². The lowest BCUT2D eigenvalue weighted by Crippen LogP contribution is -2.26. The molecule has 0 spiro atoms. The molecule has 0 aliphatic carbocycles. The molecule has 0 radical (unpaired) electrons. The molecule has 3 heterocycles. The van der Waals surface area contributed by atoms with Crippen LogP contribution in [0.4, 0.5) is 0 Å². The van der Waals surface area contributed by atoms with Crippen LogP contribution in [0.3, 0.4) is 0 Å². The van der Waals surface area contributed by atoms with Gasteiger partial charge >= 0.3 is 0 Å². The van der Waals surface area contributed by atoms with Crippen LogP contribution in [-0.4, -0.2) is 45.0 Å². The number of aromatic nitrogens is 2.